The highest BCUT2D eigenvalue weighted by Crippen LogP contribution is 2.28. The van der Waals surface area contributed by atoms with Gasteiger partial charge < -0.3 is 17.2 Å². The number of nitrogens with one attached hydrogen (secondary N) is 1. The van der Waals surface area contributed by atoms with Gasteiger partial charge in [0.15, 0.2) is 0 Å². The van der Waals surface area contributed by atoms with Crippen LogP contribution in [0.4, 0.5) is 0 Å². The first-order chi connectivity index (χ1) is 9.06. The van der Waals surface area contributed by atoms with Gasteiger partial charge in [-0.2, -0.15) is 0 Å². The third kappa shape index (κ3) is 3.62. The molecule has 104 valence electrons. The Morgan fingerprint density at radius 2 is 2.11 bits per heavy atom. The average molecular weight is 261 g/mol. The standard InChI is InChI=1S/C14H23N5/c1-19-7-6-10-2-3-11(8-12(10)9-18-19)13(15)4-5-14(16)17/h2,4-5,8,11,18H,3,6-7,9,15-17H2,1H3/b13-4-. The van der Waals surface area contributed by atoms with Gasteiger partial charge in [0.1, 0.15) is 0 Å². The second kappa shape index (κ2) is 5.95. The van der Waals surface area contributed by atoms with E-state index in [9.17, 15) is 0 Å². The largest absolute Gasteiger partial charge is 0.402 e. The molecule has 2 rings (SSSR count). The molecule has 7 N–H and O–H groups in total. The van der Waals surface area contributed by atoms with Crippen molar-refractivity contribution in [1.82, 2.24) is 10.4 Å². The molecule has 0 spiro atoms. The quantitative estimate of drug-likeness (QED) is 0.537. The number of hydrogen-bond donors (Lipinski definition) is 4. The minimum atomic E-state index is 0.236. The molecule has 0 aromatic rings. The summed E-state index contributed by atoms with van der Waals surface area (Å²) in [6.07, 6.45) is 10.0. The lowest BCUT2D eigenvalue weighted by Gasteiger charge is -2.20. The highest BCUT2D eigenvalue weighted by Gasteiger charge is 2.19. The molecule has 0 aromatic heterocycles. The van der Waals surface area contributed by atoms with E-state index >= 15 is 0 Å². The lowest BCUT2D eigenvalue weighted by Crippen LogP contribution is -2.34. The van der Waals surface area contributed by atoms with Crippen LogP contribution in [0.5, 0.6) is 0 Å². The van der Waals surface area contributed by atoms with Gasteiger partial charge in [-0.3, -0.25) is 5.43 Å². The average Bonchev–Trinajstić information content (AvgIpc) is 2.58. The number of rotatable bonds is 2. The molecule has 0 amide bonds. The minimum Gasteiger partial charge on any atom is -0.402 e. The van der Waals surface area contributed by atoms with E-state index in [1.54, 1.807) is 12.2 Å². The molecular weight excluding hydrogens is 238 g/mol. The van der Waals surface area contributed by atoms with E-state index in [-0.39, 0.29) is 11.7 Å². The van der Waals surface area contributed by atoms with Crippen molar-refractivity contribution in [2.24, 2.45) is 23.1 Å². The molecule has 5 heteroatoms. The molecule has 1 aliphatic heterocycles. The number of hydrazine groups is 1. The topological polar surface area (TPSA) is 93.3 Å². The van der Waals surface area contributed by atoms with E-state index in [0.717, 1.165) is 31.6 Å². The van der Waals surface area contributed by atoms with Gasteiger partial charge in [0.25, 0.3) is 0 Å². The van der Waals surface area contributed by atoms with Crippen LogP contribution in [0.15, 0.2) is 47.0 Å². The number of allylic oxidation sites excluding steroid dienone is 4. The zero-order valence-corrected chi connectivity index (χ0v) is 11.4. The summed E-state index contributed by atoms with van der Waals surface area (Å²) in [5.74, 6) is 0.514. The lowest BCUT2D eigenvalue weighted by molar-refractivity contribution is 0.258. The van der Waals surface area contributed by atoms with E-state index in [4.69, 9.17) is 17.2 Å². The number of hydrogen-bond acceptors (Lipinski definition) is 5. The minimum absolute atomic E-state index is 0.236. The Kier molecular flexibility index (Phi) is 4.29. The van der Waals surface area contributed by atoms with E-state index in [2.05, 4.69) is 29.6 Å². The Balaban J connectivity index is 2.12. The van der Waals surface area contributed by atoms with Gasteiger partial charge in [-0.1, -0.05) is 12.2 Å². The molecule has 1 unspecified atom stereocenters. The van der Waals surface area contributed by atoms with Crippen molar-refractivity contribution in [3.63, 3.8) is 0 Å². The molecule has 0 radical (unpaired) electrons. The monoisotopic (exact) mass is 261 g/mol. The number of fused-ring (bicyclic) bond motifs is 1. The molecule has 1 aliphatic carbocycles. The van der Waals surface area contributed by atoms with Crippen molar-refractivity contribution >= 4 is 0 Å². The molecule has 2 aliphatic rings. The summed E-state index contributed by atoms with van der Waals surface area (Å²) >= 11 is 0. The van der Waals surface area contributed by atoms with Crippen molar-refractivity contribution in [2.75, 3.05) is 20.1 Å². The van der Waals surface area contributed by atoms with Crippen LogP contribution in [0, 0.1) is 5.92 Å². The molecule has 1 atom stereocenters. The molecular formula is C14H23N5. The first-order valence-corrected chi connectivity index (χ1v) is 6.59. The van der Waals surface area contributed by atoms with Gasteiger partial charge in [-0.05, 0) is 36.1 Å². The van der Waals surface area contributed by atoms with Crippen LogP contribution in [-0.4, -0.2) is 25.1 Å². The van der Waals surface area contributed by atoms with Crippen LogP contribution in [0.25, 0.3) is 0 Å². The molecule has 0 aromatic carbocycles. The van der Waals surface area contributed by atoms with Crippen LogP contribution in [-0.2, 0) is 0 Å². The summed E-state index contributed by atoms with van der Waals surface area (Å²) in [4.78, 5) is 0. The zero-order valence-electron chi connectivity index (χ0n) is 11.4. The first kappa shape index (κ1) is 13.7. The zero-order chi connectivity index (χ0) is 13.8. The summed E-state index contributed by atoms with van der Waals surface area (Å²) in [5.41, 5.74) is 23.9. The van der Waals surface area contributed by atoms with Crippen molar-refractivity contribution in [2.45, 2.75) is 12.8 Å². The maximum absolute atomic E-state index is 6.09. The summed E-state index contributed by atoms with van der Waals surface area (Å²) < 4.78 is 0. The van der Waals surface area contributed by atoms with E-state index in [1.807, 2.05) is 0 Å². The Morgan fingerprint density at radius 1 is 1.32 bits per heavy atom. The highest BCUT2D eigenvalue weighted by molar-refractivity contribution is 5.39. The first-order valence-electron chi connectivity index (χ1n) is 6.59. The Bertz CT molecular complexity index is 454. The molecule has 1 fully saturated rings. The Labute approximate surface area is 114 Å². The predicted octanol–water partition coefficient (Wildman–Crippen LogP) is 0.301. The summed E-state index contributed by atoms with van der Waals surface area (Å²) in [6.45, 7) is 1.90. The molecule has 1 saturated heterocycles. The van der Waals surface area contributed by atoms with Gasteiger partial charge in [0.05, 0.1) is 5.82 Å². The molecule has 5 nitrogen and oxygen atoms in total. The maximum atomic E-state index is 6.09. The van der Waals surface area contributed by atoms with Crippen LogP contribution in [0.3, 0.4) is 0 Å². The fraction of sp³-hybridized carbons (Fsp3) is 0.429. The van der Waals surface area contributed by atoms with Crippen LogP contribution >= 0.6 is 0 Å². The van der Waals surface area contributed by atoms with Crippen LogP contribution in [0.1, 0.15) is 12.8 Å². The van der Waals surface area contributed by atoms with Crippen LogP contribution in [0.2, 0.25) is 0 Å². The van der Waals surface area contributed by atoms with Crippen molar-refractivity contribution in [3.8, 4) is 0 Å². The van der Waals surface area contributed by atoms with Gasteiger partial charge in [0.2, 0.25) is 0 Å². The summed E-state index contributed by atoms with van der Waals surface area (Å²) in [6, 6.07) is 0. The van der Waals surface area contributed by atoms with Gasteiger partial charge in [-0.15, -0.1) is 0 Å². The highest BCUT2D eigenvalue weighted by atomic mass is 15.5. The fourth-order valence-corrected chi connectivity index (χ4v) is 2.39. The van der Waals surface area contributed by atoms with Crippen molar-refractivity contribution < 1.29 is 0 Å². The van der Waals surface area contributed by atoms with Crippen molar-refractivity contribution in [3.05, 3.63) is 47.0 Å². The SMILES string of the molecule is CN1CCC2=CCC(/C(N)=C/C=C(N)N)C=C2CN1. The van der Waals surface area contributed by atoms with Gasteiger partial charge in [-0.25, -0.2) is 5.01 Å². The molecule has 19 heavy (non-hydrogen) atoms. The number of nitrogens with zero attached hydrogens (tertiary/aromatic N) is 1. The summed E-state index contributed by atoms with van der Waals surface area (Å²) in [5, 5.41) is 2.13. The second-order valence-corrected chi connectivity index (χ2v) is 5.10. The smallest absolute Gasteiger partial charge is 0.0934 e. The fourth-order valence-electron chi connectivity index (χ4n) is 2.39. The lowest BCUT2D eigenvalue weighted by atomic mass is 9.87. The third-order valence-electron chi connectivity index (χ3n) is 3.59. The van der Waals surface area contributed by atoms with Crippen molar-refractivity contribution in [1.29, 1.82) is 0 Å². The van der Waals surface area contributed by atoms with E-state index < -0.39 is 0 Å². The second-order valence-electron chi connectivity index (χ2n) is 5.10. The Hall–Kier alpha value is -1.72. The Morgan fingerprint density at radius 3 is 2.84 bits per heavy atom. The van der Waals surface area contributed by atoms with Gasteiger partial charge in [0, 0.05) is 31.8 Å². The maximum Gasteiger partial charge on any atom is 0.0934 e. The molecule has 1 heterocycles. The summed E-state index contributed by atoms with van der Waals surface area (Å²) in [7, 11) is 2.07. The van der Waals surface area contributed by atoms with Gasteiger partial charge >= 0.3 is 0 Å². The number of nitrogens with two attached hydrogens (primary N) is 3. The normalized spacial score (nSPS) is 24.9. The van der Waals surface area contributed by atoms with Crippen LogP contribution < -0.4 is 22.6 Å². The van der Waals surface area contributed by atoms with E-state index in [1.165, 1.54) is 11.1 Å². The van der Waals surface area contributed by atoms with E-state index in [0.29, 0.717) is 0 Å². The predicted molar refractivity (Wildman–Crippen MR) is 78.3 cm³/mol. The molecule has 0 saturated carbocycles. The third-order valence-corrected chi connectivity index (χ3v) is 3.59. The molecule has 0 bridgehead atoms.